The van der Waals surface area contributed by atoms with Gasteiger partial charge in [0.15, 0.2) is 0 Å². The highest BCUT2D eigenvalue weighted by molar-refractivity contribution is 6.30. The van der Waals surface area contributed by atoms with Crippen LogP contribution in [0.4, 0.5) is 0 Å². The van der Waals surface area contributed by atoms with Crippen molar-refractivity contribution in [3.05, 3.63) is 47.1 Å². The van der Waals surface area contributed by atoms with Crippen LogP contribution in [-0.4, -0.2) is 16.2 Å². The molecule has 0 amide bonds. The molecule has 0 saturated heterocycles. The first-order valence-electron chi connectivity index (χ1n) is 6.13. The summed E-state index contributed by atoms with van der Waals surface area (Å²) in [7, 11) is 0. The molecule has 0 spiro atoms. The van der Waals surface area contributed by atoms with Crippen molar-refractivity contribution < 1.29 is 4.74 Å². The molecule has 0 fully saturated rings. The van der Waals surface area contributed by atoms with Gasteiger partial charge >= 0.3 is 0 Å². The van der Waals surface area contributed by atoms with Crippen LogP contribution >= 0.6 is 11.6 Å². The molecule has 2 rings (SSSR count). The van der Waals surface area contributed by atoms with E-state index in [1.807, 2.05) is 6.07 Å². The zero-order chi connectivity index (χ0) is 13.7. The second-order valence-electron chi connectivity index (χ2n) is 4.45. The van der Waals surface area contributed by atoms with Crippen LogP contribution in [0.2, 0.25) is 5.02 Å². The van der Waals surface area contributed by atoms with E-state index in [2.05, 4.69) is 29.4 Å². The number of hydrogen-bond donors (Lipinski definition) is 1. The van der Waals surface area contributed by atoms with Crippen molar-refractivity contribution in [2.75, 3.05) is 0 Å². The van der Waals surface area contributed by atoms with Gasteiger partial charge in [0, 0.05) is 23.7 Å². The zero-order valence-electron chi connectivity index (χ0n) is 10.9. The standard InChI is InChI=1S/C14H16ClN3O/c1-10(2)16-9-12-5-8-14(18-17-12)19-13-6-3-11(15)4-7-13/h3-8,10,16H,9H2,1-2H3. The summed E-state index contributed by atoms with van der Waals surface area (Å²) >= 11 is 5.81. The quantitative estimate of drug-likeness (QED) is 0.910. The lowest BCUT2D eigenvalue weighted by Crippen LogP contribution is -2.22. The molecule has 1 heterocycles. The van der Waals surface area contributed by atoms with Gasteiger partial charge in [-0.2, -0.15) is 5.10 Å². The minimum absolute atomic E-state index is 0.423. The number of benzene rings is 1. The molecule has 0 saturated carbocycles. The molecule has 0 unspecified atom stereocenters. The molecule has 0 aliphatic carbocycles. The topological polar surface area (TPSA) is 47.0 Å². The van der Waals surface area contributed by atoms with Gasteiger partial charge in [0.05, 0.1) is 5.69 Å². The highest BCUT2D eigenvalue weighted by Crippen LogP contribution is 2.20. The highest BCUT2D eigenvalue weighted by atomic mass is 35.5. The Kier molecular flexibility index (Phi) is 4.71. The van der Waals surface area contributed by atoms with Gasteiger partial charge in [-0.25, -0.2) is 0 Å². The molecule has 0 aliphatic rings. The van der Waals surface area contributed by atoms with Gasteiger partial charge in [-0.15, -0.1) is 5.10 Å². The van der Waals surface area contributed by atoms with Gasteiger partial charge in [0.2, 0.25) is 5.88 Å². The average molecular weight is 278 g/mol. The highest BCUT2D eigenvalue weighted by Gasteiger charge is 2.01. The fourth-order valence-corrected chi connectivity index (χ4v) is 1.55. The largest absolute Gasteiger partial charge is 0.438 e. The SMILES string of the molecule is CC(C)NCc1ccc(Oc2ccc(Cl)cc2)nn1. The summed E-state index contributed by atoms with van der Waals surface area (Å²) in [4.78, 5) is 0. The predicted octanol–water partition coefficient (Wildman–Crippen LogP) is 3.42. The van der Waals surface area contributed by atoms with Crippen LogP contribution in [0.3, 0.4) is 0 Å². The lowest BCUT2D eigenvalue weighted by Gasteiger charge is -2.07. The molecular formula is C14H16ClN3O. The maximum absolute atomic E-state index is 5.81. The monoisotopic (exact) mass is 277 g/mol. The number of ether oxygens (including phenoxy) is 1. The van der Waals surface area contributed by atoms with Crippen molar-refractivity contribution in [2.45, 2.75) is 26.4 Å². The summed E-state index contributed by atoms with van der Waals surface area (Å²) in [5.74, 6) is 1.15. The van der Waals surface area contributed by atoms with E-state index in [-0.39, 0.29) is 0 Å². The third-order valence-corrected chi connectivity index (χ3v) is 2.67. The Bertz CT molecular complexity index is 511. The zero-order valence-corrected chi connectivity index (χ0v) is 11.7. The maximum Gasteiger partial charge on any atom is 0.238 e. The minimum atomic E-state index is 0.423. The molecule has 1 N–H and O–H groups in total. The molecule has 0 atom stereocenters. The Hall–Kier alpha value is -1.65. The molecule has 19 heavy (non-hydrogen) atoms. The Morgan fingerprint density at radius 2 is 1.84 bits per heavy atom. The van der Waals surface area contributed by atoms with E-state index in [1.165, 1.54) is 0 Å². The maximum atomic E-state index is 5.81. The summed E-state index contributed by atoms with van der Waals surface area (Å²) in [6.45, 7) is 4.88. The number of halogens is 1. The van der Waals surface area contributed by atoms with E-state index in [0.717, 1.165) is 5.69 Å². The van der Waals surface area contributed by atoms with Gasteiger partial charge in [0.25, 0.3) is 0 Å². The Morgan fingerprint density at radius 1 is 1.11 bits per heavy atom. The van der Waals surface area contributed by atoms with Crippen molar-refractivity contribution in [2.24, 2.45) is 0 Å². The van der Waals surface area contributed by atoms with Gasteiger partial charge in [-0.1, -0.05) is 25.4 Å². The van der Waals surface area contributed by atoms with E-state index in [1.54, 1.807) is 30.3 Å². The van der Waals surface area contributed by atoms with Gasteiger partial charge in [-0.05, 0) is 30.3 Å². The van der Waals surface area contributed by atoms with Crippen molar-refractivity contribution in [3.63, 3.8) is 0 Å². The molecule has 0 aliphatic heterocycles. The van der Waals surface area contributed by atoms with Crippen LogP contribution in [0.25, 0.3) is 0 Å². The lowest BCUT2D eigenvalue weighted by molar-refractivity contribution is 0.452. The third-order valence-electron chi connectivity index (χ3n) is 2.42. The summed E-state index contributed by atoms with van der Waals surface area (Å²) in [5, 5.41) is 12.1. The molecular weight excluding hydrogens is 262 g/mol. The third kappa shape index (κ3) is 4.50. The van der Waals surface area contributed by atoms with Crippen molar-refractivity contribution >= 4 is 11.6 Å². The van der Waals surface area contributed by atoms with Crippen molar-refractivity contribution in [1.29, 1.82) is 0 Å². The summed E-state index contributed by atoms with van der Waals surface area (Å²) in [6, 6.07) is 11.2. The van der Waals surface area contributed by atoms with E-state index < -0.39 is 0 Å². The van der Waals surface area contributed by atoms with Crippen LogP contribution in [0.15, 0.2) is 36.4 Å². The predicted molar refractivity (Wildman–Crippen MR) is 75.5 cm³/mol. The van der Waals surface area contributed by atoms with Crippen molar-refractivity contribution in [1.82, 2.24) is 15.5 Å². The van der Waals surface area contributed by atoms with Crippen LogP contribution in [-0.2, 0) is 6.54 Å². The van der Waals surface area contributed by atoms with Crippen LogP contribution in [0.1, 0.15) is 19.5 Å². The average Bonchev–Trinajstić information content (AvgIpc) is 2.40. The molecule has 2 aromatic rings. The molecule has 4 nitrogen and oxygen atoms in total. The summed E-state index contributed by atoms with van der Waals surface area (Å²) in [5.41, 5.74) is 0.886. The van der Waals surface area contributed by atoms with Crippen LogP contribution in [0, 0.1) is 0 Å². The fourth-order valence-electron chi connectivity index (χ4n) is 1.43. The second kappa shape index (κ2) is 6.50. The lowest BCUT2D eigenvalue weighted by atomic mass is 10.3. The second-order valence-corrected chi connectivity index (χ2v) is 4.89. The van der Waals surface area contributed by atoms with E-state index in [0.29, 0.717) is 29.2 Å². The molecule has 0 bridgehead atoms. The number of rotatable bonds is 5. The fraction of sp³-hybridized carbons (Fsp3) is 0.286. The first kappa shape index (κ1) is 13.8. The number of aromatic nitrogens is 2. The summed E-state index contributed by atoms with van der Waals surface area (Å²) in [6.07, 6.45) is 0. The molecule has 5 heteroatoms. The number of hydrogen-bond acceptors (Lipinski definition) is 4. The first-order chi connectivity index (χ1) is 9.13. The molecule has 0 radical (unpaired) electrons. The normalized spacial score (nSPS) is 10.7. The summed E-state index contributed by atoms with van der Waals surface area (Å²) < 4.78 is 5.56. The van der Waals surface area contributed by atoms with E-state index in [9.17, 15) is 0 Å². The van der Waals surface area contributed by atoms with Crippen LogP contribution < -0.4 is 10.1 Å². The first-order valence-corrected chi connectivity index (χ1v) is 6.50. The minimum Gasteiger partial charge on any atom is -0.438 e. The van der Waals surface area contributed by atoms with Gasteiger partial charge in [0.1, 0.15) is 5.75 Å². The smallest absolute Gasteiger partial charge is 0.238 e. The Morgan fingerprint density at radius 3 is 2.42 bits per heavy atom. The van der Waals surface area contributed by atoms with Gasteiger partial charge < -0.3 is 10.1 Å². The molecule has 100 valence electrons. The Balaban J connectivity index is 1.96. The van der Waals surface area contributed by atoms with E-state index >= 15 is 0 Å². The molecule has 1 aromatic heterocycles. The Labute approximate surface area is 117 Å². The van der Waals surface area contributed by atoms with E-state index in [4.69, 9.17) is 16.3 Å². The van der Waals surface area contributed by atoms with Crippen molar-refractivity contribution in [3.8, 4) is 11.6 Å². The molecule has 1 aromatic carbocycles. The van der Waals surface area contributed by atoms with Crippen LogP contribution in [0.5, 0.6) is 11.6 Å². The number of nitrogens with one attached hydrogen (secondary N) is 1. The van der Waals surface area contributed by atoms with Gasteiger partial charge in [-0.3, -0.25) is 0 Å². The number of nitrogens with zero attached hydrogens (tertiary/aromatic N) is 2.